The molecule has 0 fully saturated rings. The van der Waals surface area contributed by atoms with Crippen LogP contribution in [0, 0.1) is 11.3 Å². The van der Waals surface area contributed by atoms with Crippen LogP contribution in [0.15, 0.2) is 24.3 Å². The van der Waals surface area contributed by atoms with E-state index >= 15 is 0 Å². The second-order valence-corrected chi connectivity index (χ2v) is 5.39. The van der Waals surface area contributed by atoms with Crippen LogP contribution in [-0.4, -0.2) is 0 Å². The highest BCUT2D eigenvalue weighted by atomic mass is 35.5. The molecule has 1 rings (SSSR count). The predicted molar refractivity (Wildman–Crippen MR) is 63.8 cm³/mol. The van der Waals surface area contributed by atoms with Crippen LogP contribution in [0.4, 0.5) is 0 Å². The van der Waals surface area contributed by atoms with Crippen molar-refractivity contribution in [3.8, 4) is 0 Å². The molecular weight excluding hydrogens is 192 g/mol. The first-order valence-corrected chi connectivity index (χ1v) is 5.54. The van der Waals surface area contributed by atoms with Gasteiger partial charge in [-0.25, -0.2) is 0 Å². The summed E-state index contributed by atoms with van der Waals surface area (Å²) in [5, 5.41) is 0.835. The molecule has 0 aliphatic carbocycles. The molecule has 0 saturated carbocycles. The fourth-order valence-corrected chi connectivity index (χ4v) is 1.59. The molecule has 0 atom stereocenters. The van der Waals surface area contributed by atoms with Crippen LogP contribution in [0.5, 0.6) is 0 Å². The van der Waals surface area contributed by atoms with E-state index in [2.05, 4.69) is 39.8 Å². The molecule has 0 radical (unpaired) electrons. The Hall–Kier alpha value is -0.490. The summed E-state index contributed by atoms with van der Waals surface area (Å²) in [7, 11) is 0. The first-order chi connectivity index (χ1) is 6.42. The van der Waals surface area contributed by atoms with E-state index in [-0.39, 0.29) is 0 Å². The Balaban J connectivity index is 2.78. The van der Waals surface area contributed by atoms with Gasteiger partial charge in [-0.3, -0.25) is 0 Å². The van der Waals surface area contributed by atoms with Gasteiger partial charge in [-0.15, -0.1) is 0 Å². The van der Waals surface area contributed by atoms with Gasteiger partial charge in [-0.1, -0.05) is 51.4 Å². The summed E-state index contributed by atoms with van der Waals surface area (Å²) in [6.07, 6.45) is 1.09. The molecule has 0 amide bonds. The number of hydrogen-bond acceptors (Lipinski definition) is 0. The Bertz CT molecular complexity index is 300. The molecular formula is C13H19Cl. The standard InChI is InChI=1S/C13H19Cl/c1-10(2)13(3,4)9-11-6-5-7-12(14)8-11/h5-8,10H,9H2,1-4H3. The van der Waals surface area contributed by atoms with Crippen LogP contribution in [0.1, 0.15) is 33.3 Å². The minimum Gasteiger partial charge on any atom is -0.0843 e. The Labute approximate surface area is 92.3 Å². The van der Waals surface area contributed by atoms with Crippen molar-refractivity contribution < 1.29 is 0 Å². The third kappa shape index (κ3) is 3.02. The summed E-state index contributed by atoms with van der Waals surface area (Å²) in [5.74, 6) is 0.682. The van der Waals surface area contributed by atoms with Gasteiger partial charge in [0.25, 0.3) is 0 Å². The molecule has 1 aromatic carbocycles. The maximum Gasteiger partial charge on any atom is 0.0408 e. The van der Waals surface area contributed by atoms with E-state index in [1.807, 2.05) is 12.1 Å². The lowest BCUT2D eigenvalue weighted by atomic mass is 9.76. The first-order valence-electron chi connectivity index (χ1n) is 5.16. The lowest BCUT2D eigenvalue weighted by Crippen LogP contribution is -2.21. The maximum atomic E-state index is 5.95. The van der Waals surface area contributed by atoms with Gasteiger partial charge < -0.3 is 0 Å². The highest BCUT2D eigenvalue weighted by Gasteiger charge is 2.22. The molecule has 0 nitrogen and oxygen atoms in total. The van der Waals surface area contributed by atoms with Crippen molar-refractivity contribution in [2.24, 2.45) is 11.3 Å². The lowest BCUT2D eigenvalue weighted by Gasteiger charge is -2.29. The predicted octanol–water partition coefficient (Wildman–Crippen LogP) is 4.56. The summed E-state index contributed by atoms with van der Waals surface area (Å²) < 4.78 is 0. The van der Waals surface area contributed by atoms with Gasteiger partial charge in [0.1, 0.15) is 0 Å². The van der Waals surface area contributed by atoms with Gasteiger partial charge in [0, 0.05) is 5.02 Å². The fourth-order valence-electron chi connectivity index (χ4n) is 1.38. The van der Waals surface area contributed by atoms with Crippen molar-refractivity contribution in [3.05, 3.63) is 34.9 Å². The minimum absolute atomic E-state index is 0.338. The zero-order valence-electron chi connectivity index (χ0n) is 9.47. The Morgan fingerprint density at radius 3 is 2.43 bits per heavy atom. The van der Waals surface area contributed by atoms with Crippen LogP contribution < -0.4 is 0 Å². The van der Waals surface area contributed by atoms with Gasteiger partial charge >= 0.3 is 0 Å². The van der Waals surface area contributed by atoms with Gasteiger partial charge in [-0.2, -0.15) is 0 Å². The summed E-state index contributed by atoms with van der Waals surface area (Å²) in [5.41, 5.74) is 1.67. The van der Waals surface area contributed by atoms with E-state index in [1.54, 1.807) is 0 Å². The van der Waals surface area contributed by atoms with Crippen LogP contribution >= 0.6 is 11.6 Å². The normalized spacial score (nSPS) is 12.1. The molecule has 0 saturated heterocycles. The zero-order chi connectivity index (χ0) is 10.8. The Kier molecular flexibility index (Phi) is 3.60. The summed E-state index contributed by atoms with van der Waals surface area (Å²) in [6, 6.07) is 8.16. The monoisotopic (exact) mass is 210 g/mol. The molecule has 1 aromatic rings. The largest absolute Gasteiger partial charge is 0.0843 e. The van der Waals surface area contributed by atoms with E-state index in [0.717, 1.165) is 11.4 Å². The fraction of sp³-hybridized carbons (Fsp3) is 0.538. The first kappa shape index (κ1) is 11.6. The van der Waals surface area contributed by atoms with Crippen molar-refractivity contribution in [3.63, 3.8) is 0 Å². The van der Waals surface area contributed by atoms with Crippen molar-refractivity contribution >= 4 is 11.6 Å². The number of halogens is 1. The van der Waals surface area contributed by atoms with Crippen molar-refractivity contribution in [1.29, 1.82) is 0 Å². The van der Waals surface area contributed by atoms with Gasteiger partial charge in [-0.05, 0) is 35.4 Å². The van der Waals surface area contributed by atoms with E-state index < -0.39 is 0 Å². The average Bonchev–Trinajstić information content (AvgIpc) is 2.02. The molecule has 0 unspecified atom stereocenters. The van der Waals surface area contributed by atoms with E-state index in [1.165, 1.54) is 5.56 Å². The second kappa shape index (κ2) is 4.35. The third-order valence-electron chi connectivity index (χ3n) is 3.11. The Morgan fingerprint density at radius 1 is 1.29 bits per heavy atom. The van der Waals surface area contributed by atoms with Crippen molar-refractivity contribution in [2.45, 2.75) is 34.1 Å². The molecule has 0 aromatic heterocycles. The second-order valence-electron chi connectivity index (χ2n) is 4.95. The highest BCUT2D eigenvalue weighted by Crippen LogP contribution is 2.30. The summed E-state index contributed by atoms with van der Waals surface area (Å²) >= 11 is 5.95. The molecule has 0 bridgehead atoms. The Morgan fingerprint density at radius 2 is 1.93 bits per heavy atom. The summed E-state index contributed by atoms with van der Waals surface area (Å²) in [4.78, 5) is 0. The van der Waals surface area contributed by atoms with Gasteiger partial charge in [0.2, 0.25) is 0 Å². The number of hydrogen-bond donors (Lipinski definition) is 0. The molecule has 0 aliphatic rings. The van der Waals surface area contributed by atoms with E-state index in [4.69, 9.17) is 11.6 Å². The topological polar surface area (TPSA) is 0 Å². The van der Waals surface area contributed by atoms with Gasteiger partial charge in [0.15, 0.2) is 0 Å². The van der Waals surface area contributed by atoms with Crippen molar-refractivity contribution in [2.75, 3.05) is 0 Å². The SMILES string of the molecule is CC(C)C(C)(C)Cc1cccc(Cl)c1. The molecule has 0 heterocycles. The van der Waals surface area contributed by atoms with E-state index in [9.17, 15) is 0 Å². The molecule has 78 valence electrons. The van der Waals surface area contributed by atoms with Crippen molar-refractivity contribution in [1.82, 2.24) is 0 Å². The third-order valence-corrected chi connectivity index (χ3v) is 3.35. The summed E-state index contributed by atoms with van der Waals surface area (Å²) in [6.45, 7) is 9.15. The highest BCUT2D eigenvalue weighted by molar-refractivity contribution is 6.30. The molecule has 0 N–H and O–H groups in total. The number of rotatable bonds is 3. The van der Waals surface area contributed by atoms with Crippen LogP contribution in [0.2, 0.25) is 5.02 Å². The smallest absolute Gasteiger partial charge is 0.0408 e. The van der Waals surface area contributed by atoms with Crippen LogP contribution in [-0.2, 0) is 6.42 Å². The number of benzene rings is 1. The average molecular weight is 211 g/mol. The minimum atomic E-state index is 0.338. The maximum absolute atomic E-state index is 5.95. The zero-order valence-corrected chi connectivity index (χ0v) is 10.2. The lowest BCUT2D eigenvalue weighted by molar-refractivity contribution is 0.248. The van der Waals surface area contributed by atoms with Crippen LogP contribution in [0.25, 0.3) is 0 Å². The van der Waals surface area contributed by atoms with Crippen LogP contribution in [0.3, 0.4) is 0 Å². The molecule has 0 aliphatic heterocycles. The van der Waals surface area contributed by atoms with Gasteiger partial charge in [0.05, 0.1) is 0 Å². The molecule has 14 heavy (non-hydrogen) atoms. The molecule has 0 spiro atoms. The molecule has 1 heteroatoms. The quantitative estimate of drug-likeness (QED) is 0.686. The van der Waals surface area contributed by atoms with E-state index in [0.29, 0.717) is 11.3 Å².